The predicted octanol–water partition coefficient (Wildman–Crippen LogP) is 2.94. The minimum Gasteiger partial charge on any atom is -0.431 e. The van der Waals surface area contributed by atoms with Crippen LogP contribution < -0.4 is 20.3 Å². The molecule has 0 radical (unpaired) electrons. The number of piperazine rings is 1. The van der Waals surface area contributed by atoms with Gasteiger partial charge < -0.3 is 20.3 Å². The zero-order valence-electron chi connectivity index (χ0n) is 18.6. The molecule has 2 atom stereocenters. The molecule has 0 unspecified atom stereocenters. The van der Waals surface area contributed by atoms with Crippen molar-refractivity contribution in [2.24, 2.45) is 0 Å². The van der Waals surface area contributed by atoms with E-state index in [9.17, 15) is 13.2 Å². The normalized spacial score (nSPS) is 25.7. The van der Waals surface area contributed by atoms with Gasteiger partial charge in [-0.2, -0.15) is 13.8 Å². The fourth-order valence-electron chi connectivity index (χ4n) is 4.95. The summed E-state index contributed by atoms with van der Waals surface area (Å²) in [6.07, 6.45) is 4.23. The average Bonchev–Trinajstić information content (AvgIpc) is 3.40. The monoisotopic (exact) mass is 463 g/mol. The summed E-state index contributed by atoms with van der Waals surface area (Å²) in [6, 6.07) is 3.73. The fraction of sp³-hybridized carbons (Fsp3) is 0.591. The van der Waals surface area contributed by atoms with Crippen LogP contribution in [0.5, 0.6) is 5.75 Å². The summed E-state index contributed by atoms with van der Waals surface area (Å²) >= 11 is 0. The van der Waals surface area contributed by atoms with E-state index >= 15 is 0 Å². The van der Waals surface area contributed by atoms with Gasteiger partial charge in [0.05, 0.1) is 12.2 Å². The van der Waals surface area contributed by atoms with Crippen LogP contribution in [0.1, 0.15) is 26.2 Å². The van der Waals surface area contributed by atoms with Gasteiger partial charge in [0.25, 0.3) is 0 Å². The first-order chi connectivity index (χ1) is 15.8. The van der Waals surface area contributed by atoms with Crippen molar-refractivity contribution in [1.29, 1.82) is 0 Å². The quantitative estimate of drug-likeness (QED) is 0.725. The molecule has 0 aliphatic carbocycles. The minimum absolute atomic E-state index is 0.126. The highest BCUT2D eigenvalue weighted by Gasteiger charge is 2.36. The molecule has 178 valence electrons. The van der Waals surface area contributed by atoms with Gasteiger partial charge in [-0.25, -0.2) is 14.4 Å². The van der Waals surface area contributed by atoms with Crippen LogP contribution in [0.25, 0.3) is 11.3 Å². The molecular formula is C22H28F3N7O. The van der Waals surface area contributed by atoms with Crippen molar-refractivity contribution in [2.75, 3.05) is 54.8 Å². The SMILES string of the molecule is C[C@]1(F)CCN(c2nc(-c3cnc(N)c(OC(F)F)c3)cc(N3CCN4CCC[C@H]4C3)n2)C1. The summed E-state index contributed by atoms with van der Waals surface area (Å²) in [6.45, 7) is 3.04. The van der Waals surface area contributed by atoms with E-state index in [4.69, 9.17) is 10.7 Å². The number of halogens is 3. The first kappa shape index (κ1) is 22.0. The number of nitrogens with two attached hydrogens (primary N) is 1. The Bertz CT molecular complexity index is 1020. The van der Waals surface area contributed by atoms with Crippen LogP contribution in [-0.4, -0.2) is 77.4 Å². The molecule has 2 aromatic heterocycles. The number of rotatable bonds is 5. The van der Waals surface area contributed by atoms with E-state index in [1.807, 2.05) is 11.0 Å². The number of pyridine rings is 1. The molecule has 3 saturated heterocycles. The lowest BCUT2D eigenvalue weighted by atomic mass is 10.1. The second-order valence-electron chi connectivity index (χ2n) is 9.26. The topological polar surface area (TPSA) is 83.6 Å². The highest BCUT2D eigenvalue weighted by atomic mass is 19.3. The average molecular weight is 464 g/mol. The summed E-state index contributed by atoms with van der Waals surface area (Å²) in [5.74, 6) is 0.827. The molecule has 5 rings (SSSR count). The Kier molecular flexibility index (Phi) is 5.67. The molecular weight excluding hydrogens is 435 g/mol. The third-order valence-electron chi connectivity index (χ3n) is 6.71. The first-order valence-corrected chi connectivity index (χ1v) is 11.3. The van der Waals surface area contributed by atoms with Crippen LogP contribution in [0.15, 0.2) is 18.3 Å². The van der Waals surface area contributed by atoms with Crippen LogP contribution in [0, 0.1) is 0 Å². The van der Waals surface area contributed by atoms with Gasteiger partial charge in [0.1, 0.15) is 11.5 Å². The zero-order valence-corrected chi connectivity index (χ0v) is 18.6. The Labute approximate surface area is 190 Å². The van der Waals surface area contributed by atoms with E-state index in [1.165, 1.54) is 18.7 Å². The van der Waals surface area contributed by atoms with Crippen LogP contribution >= 0.6 is 0 Å². The molecule has 3 aliphatic rings. The van der Waals surface area contributed by atoms with Gasteiger partial charge in [0.15, 0.2) is 11.6 Å². The number of nitrogen functional groups attached to an aromatic ring is 1. The van der Waals surface area contributed by atoms with Gasteiger partial charge in [-0.05, 0) is 32.4 Å². The third kappa shape index (κ3) is 4.64. The number of hydrogen-bond donors (Lipinski definition) is 1. The number of alkyl halides is 3. The Morgan fingerprint density at radius 1 is 1.15 bits per heavy atom. The molecule has 0 spiro atoms. The second-order valence-corrected chi connectivity index (χ2v) is 9.26. The van der Waals surface area contributed by atoms with Crippen molar-refractivity contribution in [1.82, 2.24) is 19.9 Å². The van der Waals surface area contributed by atoms with Crippen LogP contribution in [0.3, 0.4) is 0 Å². The summed E-state index contributed by atoms with van der Waals surface area (Å²) in [7, 11) is 0. The molecule has 3 aliphatic heterocycles. The van der Waals surface area contributed by atoms with Crippen molar-refractivity contribution in [3.8, 4) is 17.0 Å². The lowest BCUT2D eigenvalue weighted by Crippen LogP contribution is -2.50. The molecule has 5 heterocycles. The smallest absolute Gasteiger partial charge is 0.387 e. The number of fused-ring (bicyclic) bond motifs is 1. The number of nitrogens with zero attached hydrogens (tertiary/aromatic N) is 6. The van der Waals surface area contributed by atoms with E-state index < -0.39 is 12.3 Å². The van der Waals surface area contributed by atoms with Crippen molar-refractivity contribution >= 4 is 17.6 Å². The maximum Gasteiger partial charge on any atom is 0.387 e. The highest BCUT2D eigenvalue weighted by Crippen LogP contribution is 2.34. The highest BCUT2D eigenvalue weighted by molar-refractivity contribution is 5.68. The summed E-state index contributed by atoms with van der Waals surface area (Å²) < 4.78 is 44.7. The third-order valence-corrected chi connectivity index (χ3v) is 6.71. The Balaban J connectivity index is 1.52. The molecule has 0 amide bonds. The standard InChI is InChI=1S/C22H28F3N7O/c1-22(25)4-6-32(13-22)21-28-16(14-9-17(33-20(23)24)19(26)27-11-14)10-18(29-21)31-8-7-30-5-2-3-15(30)12-31/h9-11,15,20H,2-8,12-13H2,1H3,(H2,26,27)/t15-,22-/m0/s1. The lowest BCUT2D eigenvalue weighted by molar-refractivity contribution is -0.0494. The zero-order chi connectivity index (χ0) is 23.2. The minimum atomic E-state index is -3.02. The van der Waals surface area contributed by atoms with E-state index in [0.29, 0.717) is 36.2 Å². The Morgan fingerprint density at radius 3 is 2.76 bits per heavy atom. The van der Waals surface area contributed by atoms with Crippen molar-refractivity contribution in [2.45, 2.75) is 44.5 Å². The van der Waals surface area contributed by atoms with Gasteiger partial charge in [0.2, 0.25) is 5.95 Å². The fourth-order valence-corrected chi connectivity index (χ4v) is 4.95. The first-order valence-electron chi connectivity index (χ1n) is 11.3. The molecule has 0 bridgehead atoms. The molecule has 0 aromatic carbocycles. The van der Waals surface area contributed by atoms with E-state index in [2.05, 4.69) is 24.5 Å². The number of anilines is 3. The van der Waals surface area contributed by atoms with Crippen molar-refractivity contribution < 1.29 is 17.9 Å². The maximum absolute atomic E-state index is 14.6. The Morgan fingerprint density at radius 2 is 2.00 bits per heavy atom. The predicted molar refractivity (Wildman–Crippen MR) is 119 cm³/mol. The largest absolute Gasteiger partial charge is 0.431 e. The lowest BCUT2D eigenvalue weighted by Gasteiger charge is -2.38. The van der Waals surface area contributed by atoms with Crippen molar-refractivity contribution in [3.63, 3.8) is 0 Å². The van der Waals surface area contributed by atoms with E-state index in [1.54, 1.807) is 6.92 Å². The van der Waals surface area contributed by atoms with E-state index in [0.717, 1.165) is 38.4 Å². The number of hydrogen-bond acceptors (Lipinski definition) is 8. The number of ether oxygens (including phenoxy) is 1. The van der Waals surface area contributed by atoms with Crippen molar-refractivity contribution in [3.05, 3.63) is 18.3 Å². The maximum atomic E-state index is 14.6. The molecule has 8 nitrogen and oxygen atoms in total. The summed E-state index contributed by atoms with van der Waals surface area (Å²) in [5, 5.41) is 0. The molecule has 11 heteroatoms. The van der Waals surface area contributed by atoms with Gasteiger partial charge in [-0.1, -0.05) is 0 Å². The second kappa shape index (κ2) is 8.51. The summed E-state index contributed by atoms with van der Waals surface area (Å²) in [4.78, 5) is 20.0. The Hall–Kier alpha value is -2.82. The molecule has 2 N–H and O–H groups in total. The summed E-state index contributed by atoms with van der Waals surface area (Å²) in [5.41, 5.74) is 5.38. The molecule has 2 aromatic rings. The van der Waals surface area contributed by atoms with E-state index in [-0.39, 0.29) is 18.1 Å². The molecule has 0 saturated carbocycles. The van der Waals surface area contributed by atoms with Gasteiger partial charge in [-0.3, -0.25) is 4.90 Å². The van der Waals surface area contributed by atoms with Gasteiger partial charge in [0, 0.05) is 56.5 Å². The molecule has 3 fully saturated rings. The molecule has 33 heavy (non-hydrogen) atoms. The van der Waals surface area contributed by atoms with Crippen LogP contribution in [-0.2, 0) is 0 Å². The van der Waals surface area contributed by atoms with Crippen LogP contribution in [0.4, 0.5) is 30.8 Å². The van der Waals surface area contributed by atoms with Gasteiger partial charge in [-0.15, -0.1) is 0 Å². The van der Waals surface area contributed by atoms with Gasteiger partial charge >= 0.3 is 6.61 Å². The van der Waals surface area contributed by atoms with Crippen LogP contribution in [0.2, 0.25) is 0 Å². The number of aromatic nitrogens is 3.